The second kappa shape index (κ2) is 12.8. The molecule has 5 nitrogen and oxygen atoms in total. The molecule has 22 heavy (non-hydrogen) atoms. The molecule has 0 fully saturated rings. The number of aliphatic hydroxyl groups is 1. The van der Waals surface area contributed by atoms with E-state index >= 15 is 0 Å². The molecule has 1 atom stereocenters. The average Bonchev–Trinajstić information content (AvgIpc) is 2.41. The molecule has 6 N–H and O–H groups in total. The monoisotopic (exact) mass is 354 g/mol. The number of quaternary nitrogens is 2. The van der Waals surface area contributed by atoms with Crippen LogP contribution in [0.25, 0.3) is 0 Å². The molecule has 0 heterocycles. The lowest BCUT2D eigenvalue weighted by Gasteiger charge is -2.15. The van der Waals surface area contributed by atoms with Gasteiger partial charge in [0.1, 0.15) is 24.1 Å². The van der Waals surface area contributed by atoms with Crippen molar-refractivity contribution in [3.05, 3.63) is 23.8 Å². The maximum absolute atomic E-state index is 10.0. The lowest BCUT2D eigenvalue weighted by atomic mass is 10.1. The number of aliphatic hydroxyl groups excluding tert-OH is 1. The summed E-state index contributed by atoms with van der Waals surface area (Å²) in [6, 6.07) is 4.23. The largest absolute Gasteiger partial charge is 1.00 e. The van der Waals surface area contributed by atoms with Gasteiger partial charge in [-0.1, -0.05) is 0 Å². The molecule has 0 saturated carbocycles. The van der Waals surface area contributed by atoms with Crippen LogP contribution in [-0.4, -0.2) is 48.0 Å². The first-order valence-electron chi connectivity index (χ1n) is 7.43. The molecule has 1 aromatic carbocycles. The average molecular weight is 355 g/mol. The van der Waals surface area contributed by atoms with Crippen molar-refractivity contribution < 1.29 is 50.4 Å². The number of benzene rings is 1. The van der Waals surface area contributed by atoms with Gasteiger partial charge in [-0.2, -0.15) is 0 Å². The van der Waals surface area contributed by atoms with Crippen LogP contribution in [0.2, 0.25) is 0 Å². The Morgan fingerprint density at radius 2 is 1.59 bits per heavy atom. The fraction of sp³-hybridized carbons (Fsp3) is 0.600. The number of aromatic hydroxyl groups is 2. The predicted molar refractivity (Wildman–Crippen MR) is 77.9 cm³/mol. The lowest BCUT2D eigenvalue weighted by molar-refractivity contribution is -0.898. The van der Waals surface area contributed by atoms with E-state index in [-0.39, 0.29) is 36.3 Å². The molecule has 0 bridgehead atoms. The molecule has 0 radical (unpaired) electrons. The zero-order chi connectivity index (χ0) is 15.0. The molecule has 7 heteroatoms. The van der Waals surface area contributed by atoms with Gasteiger partial charge in [-0.3, -0.25) is 0 Å². The van der Waals surface area contributed by atoms with E-state index in [9.17, 15) is 15.3 Å². The Morgan fingerprint density at radius 3 is 2.09 bits per heavy atom. The third-order valence-electron chi connectivity index (χ3n) is 3.64. The van der Waals surface area contributed by atoms with Crippen LogP contribution in [0, 0.1) is 0 Å². The molecule has 0 amide bonds. The first-order chi connectivity index (χ1) is 9.56. The Hall–Kier alpha value is -0.720. The summed E-state index contributed by atoms with van der Waals surface area (Å²) in [4.78, 5) is 1.59. The number of rotatable bonds is 9. The number of halogens is 2. The Balaban J connectivity index is 0. The maximum Gasteiger partial charge on any atom is 0.128 e. The minimum atomic E-state index is -0.672. The summed E-state index contributed by atoms with van der Waals surface area (Å²) in [5.74, 6) is -0.0478. The zero-order valence-electron chi connectivity index (χ0n) is 13.2. The topological polar surface area (TPSA) is 81.7 Å². The standard InChI is InChI=1S/C15H26N2O3.2ClH/c1-3-17(4-2)7-5-6-16-11-15(20)12-8-13(18)10-14(19)9-12;;/h8-10,15-16,18-20H,3-7,11H2,1-2H3;2*1H. The molecule has 0 saturated heterocycles. The van der Waals surface area contributed by atoms with E-state index in [1.807, 2.05) is 0 Å². The van der Waals surface area contributed by atoms with Crippen molar-refractivity contribution in [2.45, 2.75) is 26.4 Å². The van der Waals surface area contributed by atoms with Gasteiger partial charge in [0.25, 0.3) is 0 Å². The Morgan fingerprint density at radius 1 is 1.05 bits per heavy atom. The van der Waals surface area contributed by atoms with Crippen molar-refractivity contribution >= 4 is 0 Å². The Kier molecular flexibility index (Phi) is 13.7. The van der Waals surface area contributed by atoms with E-state index < -0.39 is 6.10 Å². The highest BCUT2D eigenvalue weighted by molar-refractivity contribution is 5.37. The van der Waals surface area contributed by atoms with E-state index in [2.05, 4.69) is 19.2 Å². The quantitative estimate of drug-likeness (QED) is 0.286. The fourth-order valence-corrected chi connectivity index (χ4v) is 2.32. The van der Waals surface area contributed by atoms with Gasteiger partial charge in [-0.15, -0.1) is 0 Å². The van der Waals surface area contributed by atoms with Crippen molar-refractivity contribution in [2.24, 2.45) is 0 Å². The van der Waals surface area contributed by atoms with Crippen LogP contribution < -0.4 is 35.0 Å². The van der Waals surface area contributed by atoms with Crippen molar-refractivity contribution in [1.82, 2.24) is 0 Å². The number of nitrogens with one attached hydrogen (secondary N) is 1. The molecule has 0 spiro atoms. The normalized spacial score (nSPS) is 11.6. The molecule has 0 aliphatic heterocycles. The summed E-state index contributed by atoms with van der Waals surface area (Å²) in [6.07, 6.45) is 0.448. The SMILES string of the molecule is CC[NH+](CC)CCC[NH2+]CC(O)c1cc(O)cc(O)c1.[Cl-].[Cl-]. The van der Waals surface area contributed by atoms with Gasteiger partial charge in [0.15, 0.2) is 0 Å². The summed E-state index contributed by atoms with van der Waals surface area (Å²) < 4.78 is 0. The maximum atomic E-state index is 10.0. The van der Waals surface area contributed by atoms with Gasteiger partial charge in [0.05, 0.1) is 26.2 Å². The van der Waals surface area contributed by atoms with E-state index in [0.29, 0.717) is 12.1 Å². The number of hydrogen-bond donors (Lipinski definition) is 5. The first-order valence-corrected chi connectivity index (χ1v) is 7.43. The summed E-state index contributed by atoms with van der Waals surface area (Å²) in [5, 5.41) is 30.9. The molecular formula is C15H28Cl2N2O3. The minimum absolute atomic E-state index is 0. The van der Waals surface area contributed by atoms with Crippen LogP contribution in [0.5, 0.6) is 11.5 Å². The third kappa shape index (κ3) is 8.66. The fourth-order valence-electron chi connectivity index (χ4n) is 2.32. The van der Waals surface area contributed by atoms with Gasteiger partial charge < -0.3 is 50.4 Å². The summed E-state index contributed by atoms with van der Waals surface area (Å²) in [5.41, 5.74) is 0.549. The smallest absolute Gasteiger partial charge is 0.128 e. The minimum Gasteiger partial charge on any atom is -1.00 e. The van der Waals surface area contributed by atoms with Crippen LogP contribution in [0.1, 0.15) is 31.9 Å². The van der Waals surface area contributed by atoms with E-state index in [4.69, 9.17) is 0 Å². The molecule has 0 aliphatic carbocycles. The zero-order valence-corrected chi connectivity index (χ0v) is 14.7. The highest BCUT2D eigenvalue weighted by Gasteiger charge is 2.12. The number of phenolic OH excluding ortho intramolecular Hbond substituents is 2. The molecule has 1 unspecified atom stereocenters. The van der Waals surface area contributed by atoms with Crippen molar-refractivity contribution in [3.63, 3.8) is 0 Å². The van der Waals surface area contributed by atoms with Crippen LogP contribution in [0.3, 0.4) is 0 Å². The first kappa shape index (κ1) is 23.5. The van der Waals surface area contributed by atoms with Crippen LogP contribution in [0.4, 0.5) is 0 Å². The molecule has 130 valence electrons. The van der Waals surface area contributed by atoms with Crippen LogP contribution in [0.15, 0.2) is 18.2 Å². The Bertz CT molecular complexity index is 384. The second-order valence-corrected chi connectivity index (χ2v) is 5.17. The molecular weight excluding hydrogens is 327 g/mol. The molecule has 0 aromatic heterocycles. The lowest BCUT2D eigenvalue weighted by Crippen LogP contribution is -3.11. The van der Waals surface area contributed by atoms with Gasteiger partial charge in [-0.05, 0) is 31.5 Å². The molecule has 1 aromatic rings. The summed E-state index contributed by atoms with van der Waals surface area (Å²) in [7, 11) is 0. The number of hydrogen-bond acceptors (Lipinski definition) is 3. The molecule has 1 rings (SSSR count). The van der Waals surface area contributed by atoms with Gasteiger partial charge >= 0.3 is 0 Å². The number of nitrogens with two attached hydrogens (primary N) is 1. The predicted octanol–water partition coefficient (Wildman–Crippen LogP) is -6.98. The van der Waals surface area contributed by atoms with Gasteiger partial charge in [0.2, 0.25) is 0 Å². The highest BCUT2D eigenvalue weighted by Crippen LogP contribution is 2.24. The van der Waals surface area contributed by atoms with Gasteiger partial charge in [-0.25, -0.2) is 0 Å². The highest BCUT2D eigenvalue weighted by atomic mass is 35.5. The van der Waals surface area contributed by atoms with Crippen LogP contribution >= 0.6 is 0 Å². The number of phenols is 2. The summed E-state index contributed by atoms with van der Waals surface area (Å²) >= 11 is 0. The van der Waals surface area contributed by atoms with Crippen LogP contribution in [-0.2, 0) is 0 Å². The van der Waals surface area contributed by atoms with Crippen molar-refractivity contribution in [2.75, 3.05) is 32.7 Å². The van der Waals surface area contributed by atoms with Crippen molar-refractivity contribution in [1.29, 1.82) is 0 Å². The summed E-state index contributed by atoms with van der Waals surface area (Å²) in [6.45, 7) is 9.37. The van der Waals surface area contributed by atoms with Crippen molar-refractivity contribution in [3.8, 4) is 11.5 Å². The van der Waals surface area contributed by atoms with E-state index in [1.165, 1.54) is 18.2 Å². The van der Waals surface area contributed by atoms with Gasteiger partial charge in [0, 0.05) is 12.5 Å². The van der Waals surface area contributed by atoms with E-state index in [1.54, 1.807) is 4.90 Å². The second-order valence-electron chi connectivity index (χ2n) is 5.17. The third-order valence-corrected chi connectivity index (χ3v) is 3.64. The molecule has 0 aliphatic rings. The Labute approximate surface area is 145 Å². The van der Waals surface area contributed by atoms with E-state index in [0.717, 1.165) is 32.6 Å².